The van der Waals surface area contributed by atoms with Crippen LogP contribution in [0.2, 0.25) is 0 Å². The van der Waals surface area contributed by atoms with Crippen molar-refractivity contribution in [3.05, 3.63) is 0 Å². The summed E-state index contributed by atoms with van der Waals surface area (Å²) in [6.07, 6.45) is 9.57. The summed E-state index contributed by atoms with van der Waals surface area (Å²) in [6, 6.07) is 0. The Bertz CT molecular complexity index is 164. The lowest BCUT2D eigenvalue weighted by Gasteiger charge is -2.52. The number of aliphatic hydroxyl groups is 1. The number of rotatable bonds is 2. The van der Waals surface area contributed by atoms with Crippen LogP contribution in [0.4, 0.5) is 0 Å². The minimum Gasteiger partial charge on any atom is -0.396 e. The molecule has 0 spiro atoms. The lowest BCUT2D eigenvalue weighted by Crippen LogP contribution is -2.45. The first-order valence-corrected chi connectivity index (χ1v) is 5.88. The molecule has 13 heavy (non-hydrogen) atoms. The highest BCUT2D eigenvalue weighted by atomic mass is 16.3. The second-order valence-corrected chi connectivity index (χ2v) is 5.37. The molecule has 76 valence electrons. The van der Waals surface area contributed by atoms with E-state index in [4.69, 9.17) is 0 Å². The van der Waals surface area contributed by atoms with Crippen molar-refractivity contribution in [1.82, 2.24) is 0 Å². The van der Waals surface area contributed by atoms with Gasteiger partial charge in [-0.2, -0.15) is 0 Å². The predicted molar refractivity (Wildman–Crippen MR) is 54.5 cm³/mol. The Hall–Kier alpha value is -0.0400. The summed E-state index contributed by atoms with van der Waals surface area (Å²) in [5, 5.41) is 9.51. The SMILES string of the molecule is CC1CC(CO)(C2CCCCC2)C1. The first-order valence-electron chi connectivity index (χ1n) is 5.88. The number of aliphatic hydroxyl groups excluding tert-OH is 1. The van der Waals surface area contributed by atoms with E-state index in [0.717, 1.165) is 11.8 Å². The quantitative estimate of drug-likeness (QED) is 0.696. The fourth-order valence-electron chi connectivity index (χ4n) is 3.63. The summed E-state index contributed by atoms with van der Waals surface area (Å²) in [5.41, 5.74) is 0.361. The standard InChI is InChI=1S/C12H22O/c1-10-7-12(8-10,9-13)11-5-3-2-4-6-11/h10-11,13H,2-9H2,1H3. The largest absolute Gasteiger partial charge is 0.396 e. The van der Waals surface area contributed by atoms with E-state index in [1.165, 1.54) is 44.9 Å². The van der Waals surface area contributed by atoms with Gasteiger partial charge >= 0.3 is 0 Å². The number of hydrogen-bond donors (Lipinski definition) is 1. The van der Waals surface area contributed by atoms with Crippen LogP contribution in [-0.2, 0) is 0 Å². The van der Waals surface area contributed by atoms with Crippen molar-refractivity contribution in [2.75, 3.05) is 6.61 Å². The maximum Gasteiger partial charge on any atom is 0.0490 e. The lowest BCUT2D eigenvalue weighted by molar-refractivity contribution is -0.0618. The van der Waals surface area contributed by atoms with Gasteiger partial charge in [-0.3, -0.25) is 0 Å². The molecule has 0 aliphatic heterocycles. The monoisotopic (exact) mass is 182 g/mol. The minimum absolute atomic E-state index is 0.361. The molecule has 2 rings (SSSR count). The molecule has 2 aliphatic carbocycles. The second-order valence-electron chi connectivity index (χ2n) is 5.37. The summed E-state index contributed by atoms with van der Waals surface area (Å²) < 4.78 is 0. The van der Waals surface area contributed by atoms with Crippen LogP contribution in [-0.4, -0.2) is 11.7 Å². The van der Waals surface area contributed by atoms with Crippen LogP contribution in [0.25, 0.3) is 0 Å². The average Bonchev–Trinajstić information content (AvgIpc) is 2.14. The van der Waals surface area contributed by atoms with E-state index in [1.807, 2.05) is 0 Å². The Morgan fingerprint density at radius 3 is 2.23 bits per heavy atom. The van der Waals surface area contributed by atoms with E-state index in [0.29, 0.717) is 12.0 Å². The van der Waals surface area contributed by atoms with E-state index < -0.39 is 0 Å². The molecule has 0 aromatic rings. The van der Waals surface area contributed by atoms with Gasteiger partial charge in [0.1, 0.15) is 0 Å². The molecule has 0 radical (unpaired) electrons. The van der Waals surface area contributed by atoms with Crippen molar-refractivity contribution in [1.29, 1.82) is 0 Å². The molecular weight excluding hydrogens is 160 g/mol. The van der Waals surface area contributed by atoms with Gasteiger partial charge in [0.05, 0.1) is 0 Å². The fourth-order valence-corrected chi connectivity index (χ4v) is 3.63. The molecule has 0 amide bonds. The second kappa shape index (κ2) is 3.61. The van der Waals surface area contributed by atoms with E-state index in [-0.39, 0.29) is 0 Å². The van der Waals surface area contributed by atoms with Gasteiger partial charge in [0.2, 0.25) is 0 Å². The predicted octanol–water partition coefficient (Wildman–Crippen LogP) is 2.98. The summed E-state index contributed by atoms with van der Waals surface area (Å²) in [7, 11) is 0. The summed E-state index contributed by atoms with van der Waals surface area (Å²) >= 11 is 0. The van der Waals surface area contributed by atoms with Crippen LogP contribution < -0.4 is 0 Å². The highest BCUT2D eigenvalue weighted by molar-refractivity contribution is 4.97. The molecule has 2 aliphatic rings. The summed E-state index contributed by atoms with van der Waals surface area (Å²) in [4.78, 5) is 0. The van der Waals surface area contributed by atoms with Crippen LogP contribution in [0.3, 0.4) is 0 Å². The van der Waals surface area contributed by atoms with Crippen molar-refractivity contribution in [3.8, 4) is 0 Å². The van der Waals surface area contributed by atoms with E-state index in [1.54, 1.807) is 0 Å². The van der Waals surface area contributed by atoms with Crippen LogP contribution in [0, 0.1) is 17.3 Å². The molecule has 0 aromatic heterocycles. The Balaban J connectivity index is 1.95. The first-order chi connectivity index (χ1) is 6.27. The molecule has 1 nitrogen and oxygen atoms in total. The van der Waals surface area contributed by atoms with Gasteiger partial charge in [-0.15, -0.1) is 0 Å². The summed E-state index contributed by atoms with van der Waals surface area (Å²) in [6.45, 7) is 2.76. The molecular formula is C12H22O. The van der Waals surface area contributed by atoms with Gasteiger partial charge in [0.15, 0.2) is 0 Å². The topological polar surface area (TPSA) is 20.2 Å². The van der Waals surface area contributed by atoms with Gasteiger partial charge in [-0.05, 0) is 42.9 Å². The molecule has 1 heteroatoms. The van der Waals surface area contributed by atoms with Crippen LogP contribution >= 0.6 is 0 Å². The fraction of sp³-hybridized carbons (Fsp3) is 1.00. The van der Waals surface area contributed by atoms with Gasteiger partial charge in [0.25, 0.3) is 0 Å². The Labute approximate surface area is 81.5 Å². The third kappa shape index (κ3) is 1.63. The summed E-state index contributed by atoms with van der Waals surface area (Å²) in [5.74, 6) is 1.72. The van der Waals surface area contributed by atoms with E-state index >= 15 is 0 Å². The Morgan fingerprint density at radius 2 is 1.77 bits per heavy atom. The zero-order valence-corrected chi connectivity index (χ0v) is 8.76. The van der Waals surface area contributed by atoms with E-state index in [2.05, 4.69) is 6.92 Å². The molecule has 0 aromatic carbocycles. The minimum atomic E-state index is 0.361. The highest BCUT2D eigenvalue weighted by Gasteiger charge is 2.47. The van der Waals surface area contributed by atoms with Crippen LogP contribution in [0.1, 0.15) is 51.9 Å². The molecule has 0 atom stereocenters. The van der Waals surface area contributed by atoms with E-state index in [9.17, 15) is 5.11 Å². The van der Waals surface area contributed by atoms with Crippen molar-refractivity contribution < 1.29 is 5.11 Å². The lowest BCUT2D eigenvalue weighted by atomic mass is 9.54. The molecule has 0 unspecified atom stereocenters. The molecule has 0 saturated heterocycles. The molecule has 0 heterocycles. The molecule has 2 fully saturated rings. The molecule has 2 saturated carbocycles. The van der Waals surface area contributed by atoms with Crippen molar-refractivity contribution in [3.63, 3.8) is 0 Å². The van der Waals surface area contributed by atoms with Gasteiger partial charge in [-0.25, -0.2) is 0 Å². The third-order valence-corrected chi connectivity index (χ3v) is 4.30. The van der Waals surface area contributed by atoms with Crippen molar-refractivity contribution in [2.24, 2.45) is 17.3 Å². The maximum absolute atomic E-state index is 9.51. The van der Waals surface area contributed by atoms with Crippen LogP contribution in [0.5, 0.6) is 0 Å². The first kappa shape index (κ1) is 9.51. The van der Waals surface area contributed by atoms with Crippen LogP contribution in [0.15, 0.2) is 0 Å². The smallest absolute Gasteiger partial charge is 0.0490 e. The Morgan fingerprint density at radius 1 is 1.15 bits per heavy atom. The van der Waals surface area contributed by atoms with Gasteiger partial charge < -0.3 is 5.11 Å². The van der Waals surface area contributed by atoms with Gasteiger partial charge in [-0.1, -0.05) is 26.2 Å². The third-order valence-electron chi connectivity index (χ3n) is 4.30. The van der Waals surface area contributed by atoms with Crippen molar-refractivity contribution in [2.45, 2.75) is 51.9 Å². The van der Waals surface area contributed by atoms with Gasteiger partial charge in [0, 0.05) is 6.61 Å². The number of hydrogen-bond acceptors (Lipinski definition) is 1. The maximum atomic E-state index is 9.51. The zero-order valence-electron chi connectivity index (χ0n) is 8.76. The normalized spacial score (nSPS) is 41.5. The Kier molecular flexibility index (Phi) is 2.64. The molecule has 1 N–H and O–H groups in total. The van der Waals surface area contributed by atoms with Crippen molar-refractivity contribution >= 4 is 0 Å². The average molecular weight is 182 g/mol. The zero-order chi connectivity index (χ0) is 9.31. The highest BCUT2D eigenvalue weighted by Crippen LogP contribution is 2.54. The molecule has 0 bridgehead atoms.